The Bertz CT molecular complexity index is 150. The van der Waals surface area contributed by atoms with Gasteiger partial charge in [-0.25, -0.2) is 0 Å². The molecule has 2 aliphatic carbocycles. The van der Waals surface area contributed by atoms with Gasteiger partial charge in [-0.05, 0) is 37.0 Å². The Morgan fingerprint density at radius 2 is 2.00 bits per heavy atom. The molecule has 12 heavy (non-hydrogen) atoms. The maximum Gasteiger partial charge on any atom is 0.0241 e. The molecule has 70 valence electrons. The van der Waals surface area contributed by atoms with Gasteiger partial charge in [0, 0.05) is 6.04 Å². The van der Waals surface area contributed by atoms with Crippen molar-refractivity contribution in [3.8, 4) is 0 Å². The lowest BCUT2D eigenvalue weighted by atomic mass is 9.93. The Morgan fingerprint density at radius 1 is 1.33 bits per heavy atom. The monoisotopic (exact) mass is 168 g/mol. The van der Waals surface area contributed by atoms with E-state index in [2.05, 4.69) is 12.3 Å². The minimum absolute atomic E-state index is 0.588. The van der Waals surface area contributed by atoms with Gasteiger partial charge in [-0.3, -0.25) is 11.3 Å². The normalized spacial score (nSPS) is 28.5. The molecule has 2 atom stereocenters. The Morgan fingerprint density at radius 3 is 2.42 bits per heavy atom. The fourth-order valence-electron chi connectivity index (χ4n) is 2.10. The summed E-state index contributed by atoms with van der Waals surface area (Å²) >= 11 is 0. The van der Waals surface area contributed by atoms with Crippen LogP contribution in [0.2, 0.25) is 0 Å². The van der Waals surface area contributed by atoms with Gasteiger partial charge in [-0.2, -0.15) is 0 Å². The first-order chi connectivity index (χ1) is 5.81. The number of nitrogens with one attached hydrogen (secondary N) is 1. The highest BCUT2D eigenvalue weighted by Gasteiger charge is 2.35. The van der Waals surface area contributed by atoms with E-state index in [9.17, 15) is 0 Å². The van der Waals surface area contributed by atoms with Crippen LogP contribution in [-0.2, 0) is 0 Å². The molecule has 0 spiro atoms. The molecule has 2 nitrogen and oxygen atoms in total. The SMILES string of the molecule is CC(C1CC1)C(CC1CC1)NN. The topological polar surface area (TPSA) is 38.0 Å². The molecule has 0 aromatic carbocycles. The molecule has 0 heterocycles. The average Bonchev–Trinajstić information content (AvgIpc) is 2.89. The minimum Gasteiger partial charge on any atom is -0.271 e. The first-order valence-electron chi connectivity index (χ1n) is 5.27. The van der Waals surface area contributed by atoms with Crippen LogP contribution in [0.3, 0.4) is 0 Å². The zero-order chi connectivity index (χ0) is 8.55. The molecule has 2 fully saturated rings. The van der Waals surface area contributed by atoms with Gasteiger partial charge in [0.25, 0.3) is 0 Å². The molecule has 2 rings (SSSR count). The summed E-state index contributed by atoms with van der Waals surface area (Å²) in [6.07, 6.45) is 7.06. The highest BCUT2D eigenvalue weighted by molar-refractivity contribution is 4.89. The molecule has 2 heteroatoms. The lowest BCUT2D eigenvalue weighted by Crippen LogP contribution is -2.41. The van der Waals surface area contributed by atoms with Crippen molar-refractivity contribution in [3.05, 3.63) is 0 Å². The lowest BCUT2D eigenvalue weighted by Gasteiger charge is -2.22. The Balaban J connectivity index is 1.78. The van der Waals surface area contributed by atoms with E-state index in [1.807, 2.05) is 0 Å². The van der Waals surface area contributed by atoms with Crippen molar-refractivity contribution in [1.29, 1.82) is 0 Å². The van der Waals surface area contributed by atoms with Crippen LogP contribution in [0.25, 0.3) is 0 Å². The molecule has 0 aromatic rings. The Labute approximate surface area is 74.9 Å². The number of hydrazine groups is 1. The first-order valence-corrected chi connectivity index (χ1v) is 5.27. The second-order valence-corrected chi connectivity index (χ2v) is 4.65. The van der Waals surface area contributed by atoms with E-state index in [-0.39, 0.29) is 0 Å². The van der Waals surface area contributed by atoms with E-state index in [1.165, 1.54) is 32.1 Å². The molecule has 0 amide bonds. The summed E-state index contributed by atoms with van der Waals surface area (Å²) < 4.78 is 0. The summed E-state index contributed by atoms with van der Waals surface area (Å²) in [6, 6.07) is 0.588. The molecule has 0 aliphatic heterocycles. The third-order valence-electron chi connectivity index (χ3n) is 3.50. The van der Waals surface area contributed by atoms with Crippen LogP contribution in [0.1, 0.15) is 39.0 Å². The molecule has 2 saturated carbocycles. The number of nitrogens with two attached hydrogens (primary N) is 1. The first kappa shape index (κ1) is 8.52. The summed E-state index contributed by atoms with van der Waals surface area (Å²) in [5.74, 6) is 8.34. The third-order valence-corrected chi connectivity index (χ3v) is 3.50. The molecule has 0 aromatic heterocycles. The summed E-state index contributed by atoms with van der Waals surface area (Å²) in [4.78, 5) is 0. The van der Waals surface area contributed by atoms with Crippen molar-refractivity contribution in [2.45, 2.75) is 45.1 Å². The van der Waals surface area contributed by atoms with Crippen molar-refractivity contribution in [2.24, 2.45) is 23.6 Å². The number of rotatable bonds is 5. The maximum atomic E-state index is 5.57. The van der Waals surface area contributed by atoms with Crippen LogP contribution in [0.5, 0.6) is 0 Å². The zero-order valence-corrected chi connectivity index (χ0v) is 7.92. The van der Waals surface area contributed by atoms with E-state index in [0.29, 0.717) is 6.04 Å². The van der Waals surface area contributed by atoms with Gasteiger partial charge in [0.05, 0.1) is 0 Å². The standard InChI is InChI=1S/C10H20N2/c1-7(9-4-5-9)10(12-11)6-8-2-3-8/h7-10,12H,2-6,11H2,1H3. The van der Waals surface area contributed by atoms with E-state index in [0.717, 1.165) is 17.8 Å². The highest BCUT2D eigenvalue weighted by Crippen LogP contribution is 2.42. The molecule has 0 radical (unpaired) electrons. The average molecular weight is 168 g/mol. The summed E-state index contributed by atoms with van der Waals surface area (Å²) in [7, 11) is 0. The van der Waals surface area contributed by atoms with Gasteiger partial charge < -0.3 is 0 Å². The van der Waals surface area contributed by atoms with Crippen LogP contribution in [0.4, 0.5) is 0 Å². The van der Waals surface area contributed by atoms with Crippen molar-refractivity contribution in [2.75, 3.05) is 0 Å². The molecule has 2 unspecified atom stereocenters. The quantitative estimate of drug-likeness (QED) is 0.484. The van der Waals surface area contributed by atoms with Crippen molar-refractivity contribution < 1.29 is 0 Å². The molecule has 0 bridgehead atoms. The molecular weight excluding hydrogens is 148 g/mol. The number of hydrogen-bond acceptors (Lipinski definition) is 2. The van der Waals surface area contributed by atoms with Gasteiger partial charge in [0.15, 0.2) is 0 Å². The van der Waals surface area contributed by atoms with E-state index in [4.69, 9.17) is 5.84 Å². The van der Waals surface area contributed by atoms with Crippen LogP contribution in [0, 0.1) is 17.8 Å². The highest BCUT2D eigenvalue weighted by atomic mass is 15.2. The van der Waals surface area contributed by atoms with E-state index >= 15 is 0 Å². The smallest absolute Gasteiger partial charge is 0.0241 e. The lowest BCUT2D eigenvalue weighted by molar-refractivity contribution is 0.317. The van der Waals surface area contributed by atoms with Crippen molar-refractivity contribution >= 4 is 0 Å². The van der Waals surface area contributed by atoms with Gasteiger partial charge in [0.2, 0.25) is 0 Å². The fraction of sp³-hybridized carbons (Fsp3) is 1.00. The molecule has 0 saturated heterocycles. The predicted molar refractivity (Wildman–Crippen MR) is 50.3 cm³/mol. The van der Waals surface area contributed by atoms with Crippen LogP contribution >= 0.6 is 0 Å². The minimum atomic E-state index is 0.588. The predicted octanol–water partition coefficient (Wildman–Crippen LogP) is 1.66. The molecule has 3 N–H and O–H groups in total. The van der Waals surface area contributed by atoms with Crippen molar-refractivity contribution in [3.63, 3.8) is 0 Å². The second kappa shape index (κ2) is 3.35. The summed E-state index contributed by atoms with van der Waals surface area (Å²) in [6.45, 7) is 2.35. The summed E-state index contributed by atoms with van der Waals surface area (Å²) in [5.41, 5.74) is 2.99. The van der Waals surface area contributed by atoms with Gasteiger partial charge >= 0.3 is 0 Å². The largest absolute Gasteiger partial charge is 0.271 e. The van der Waals surface area contributed by atoms with E-state index < -0.39 is 0 Å². The van der Waals surface area contributed by atoms with Gasteiger partial charge in [-0.1, -0.05) is 19.8 Å². The second-order valence-electron chi connectivity index (χ2n) is 4.65. The summed E-state index contributed by atoms with van der Waals surface area (Å²) in [5, 5.41) is 0. The van der Waals surface area contributed by atoms with Crippen LogP contribution < -0.4 is 11.3 Å². The number of hydrogen-bond donors (Lipinski definition) is 2. The van der Waals surface area contributed by atoms with Gasteiger partial charge in [0.1, 0.15) is 0 Å². The molecular formula is C10H20N2. The maximum absolute atomic E-state index is 5.57. The van der Waals surface area contributed by atoms with Crippen LogP contribution in [0.15, 0.2) is 0 Å². The third kappa shape index (κ3) is 1.99. The van der Waals surface area contributed by atoms with Crippen LogP contribution in [-0.4, -0.2) is 6.04 Å². The Hall–Kier alpha value is -0.0800. The Kier molecular flexibility index (Phi) is 2.37. The fourth-order valence-corrected chi connectivity index (χ4v) is 2.10. The zero-order valence-electron chi connectivity index (χ0n) is 7.92. The van der Waals surface area contributed by atoms with E-state index in [1.54, 1.807) is 0 Å². The van der Waals surface area contributed by atoms with Gasteiger partial charge in [-0.15, -0.1) is 0 Å². The van der Waals surface area contributed by atoms with Crippen molar-refractivity contribution in [1.82, 2.24) is 5.43 Å². The molecule has 2 aliphatic rings.